The van der Waals surface area contributed by atoms with E-state index in [9.17, 15) is 10.2 Å². The molecule has 6 heteroatoms. The van der Waals surface area contributed by atoms with Gasteiger partial charge >= 0.3 is 0 Å². The minimum absolute atomic E-state index is 0.255. The van der Waals surface area contributed by atoms with Crippen LogP contribution in [0.25, 0.3) is 0 Å². The maximum absolute atomic E-state index is 9.59. The molecule has 0 aromatic heterocycles. The summed E-state index contributed by atoms with van der Waals surface area (Å²) in [6, 6.07) is 0. The SMILES string of the molecule is OCC1OC2CC(O)OC2C(O)C1O. The van der Waals surface area contributed by atoms with Crippen LogP contribution in [0.1, 0.15) is 6.42 Å². The van der Waals surface area contributed by atoms with Gasteiger partial charge in [0.2, 0.25) is 0 Å². The van der Waals surface area contributed by atoms with Crippen molar-refractivity contribution in [3.63, 3.8) is 0 Å². The van der Waals surface area contributed by atoms with Gasteiger partial charge in [-0.15, -0.1) is 0 Å². The lowest BCUT2D eigenvalue weighted by atomic mass is 9.95. The van der Waals surface area contributed by atoms with Crippen LogP contribution in [-0.2, 0) is 9.47 Å². The third-order valence-corrected chi connectivity index (χ3v) is 2.71. The van der Waals surface area contributed by atoms with Crippen molar-refractivity contribution in [2.24, 2.45) is 0 Å². The largest absolute Gasteiger partial charge is 0.394 e. The summed E-state index contributed by atoms with van der Waals surface area (Å²) in [5.41, 5.74) is 0. The molecule has 0 amide bonds. The lowest BCUT2D eigenvalue weighted by Gasteiger charge is -2.38. The number of aliphatic hydroxyl groups is 4. The Balaban J connectivity index is 2.09. The van der Waals surface area contributed by atoms with Gasteiger partial charge < -0.3 is 29.9 Å². The number of aliphatic hydroxyl groups excluding tert-OH is 4. The van der Waals surface area contributed by atoms with E-state index in [4.69, 9.17) is 19.7 Å². The zero-order valence-corrected chi connectivity index (χ0v) is 7.48. The molecule has 2 aliphatic heterocycles. The molecule has 2 rings (SSSR count). The first-order valence-electron chi connectivity index (χ1n) is 4.59. The number of fused-ring (bicyclic) bond motifs is 1. The molecule has 0 saturated carbocycles. The van der Waals surface area contributed by atoms with Crippen molar-refractivity contribution < 1.29 is 29.9 Å². The van der Waals surface area contributed by atoms with E-state index in [1.807, 2.05) is 0 Å². The van der Waals surface area contributed by atoms with Crippen molar-refractivity contribution in [2.45, 2.75) is 43.2 Å². The molecule has 82 valence electrons. The van der Waals surface area contributed by atoms with Crippen LogP contribution in [0.3, 0.4) is 0 Å². The van der Waals surface area contributed by atoms with Gasteiger partial charge in [0.1, 0.15) is 24.4 Å². The fourth-order valence-corrected chi connectivity index (χ4v) is 1.96. The molecular weight excluding hydrogens is 192 g/mol. The number of ether oxygens (including phenoxy) is 2. The van der Waals surface area contributed by atoms with Crippen molar-refractivity contribution in [3.8, 4) is 0 Å². The Labute approximate surface area is 80.7 Å². The number of hydrogen-bond donors (Lipinski definition) is 4. The van der Waals surface area contributed by atoms with Crippen molar-refractivity contribution in [3.05, 3.63) is 0 Å². The molecule has 2 fully saturated rings. The van der Waals surface area contributed by atoms with Gasteiger partial charge in [-0.25, -0.2) is 0 Å². The summed E-state index contributed by atoms with van der Waals surface area (Å²) in [5.74, 6) is 0. The van der Waals surface area contributed by atoms with Gasteiger partial charge in [0.25, 0.3) is 0 Å². The maximum Gasteiger partial charge on any atom is 0.157 e. The molecule has 0 aromatic rings. The Hall–Kier alpha value is -0.240. The van der Waals surface area contributed by atoms with Crippen molar-refractivity contribution >= 4 is 0 Å². The monoisotopic (exact) mass is 206 g/mol. The van der Waals surface area contributed by atoms with Crippen LogP contribution in [0.2, 0.25) is 0 Å². The van der Waals surface area contributed by atoms with Crippen LogP contribution >= 0.6 is 0 Å². The highest BCUT2D eigenvalue weighted by atomic mass is 16.7. The lowest BCUT2D eigenvalue weighted by molar-refractivity contribution is -0.226. The molecular formula is C8H14O6. The van der Waals surface area contributed by atoms with Gasteiger partial charge in [-0.3, -0.25) is 0 Å². The molecule has 14 heavy (non-hydrogen) atoms. The molecule has 4 N–H and O–H groups in total. The molecule has 0 aromatic carbocycles. The number of rotatable bonds is 1. The normalized spacial score (nSPS) is 53.1. The quantitative estimate of drug-likeness (QED) is 0.381. The maximum atomic E-state index is 9.59. The van der Waals surface area contributed by atoms with Gasteiger partial charge in [0, 0.05) is 6.42 Å². The average molecular weight is 206 g/mol. The van der Waals surface area contributed by atoms with Gasteiger partial charge in [-0.2, -0.15) is 0 Å². The first kappa shape index (κ1) is 10.3. The van der Waals surface area contributed by atoms with Gasteiger partial charge in [0.15, 0.2) is 6.29 Å². The van der Waals surface area contributed by atoms with Crippen LogP contribution in [0, 0.1) is 0 Å². The Morgan fingerprint density at radius 1 is 1.07 bits per heavy atom. The van der Waals surface area contributed by atoms with E-state index in [1.54, 1.807) is 0 Å². The highest BCUT2D eigenvalue weighted by Gasteiger charge is 2.49. The topological polar surface area (TPSA) is 99.4 Å². The molecule has 2 heterocycles. The second-order valence-corrected chi connectivity index (χ2v) is 3.67. The minimum atomic E-state index is -1.17. The molecule has 6 unspecified atom stereocenters. The summed E-state index contributed by atoms with van der Waals surface area (Å²) in [5, 5.41) is 37.1. The third kappa shape index (κ3) is 1.54. The van der Waals surface area contributed by atoms with Gasteiger partial charge in [-0.05, 0) is 0 Å². The Morgan fingerprint density at radius 3 is 2.43 bits per heavy atom. The highest BCUT2D eigenvalue weighted by Crippen LogP contribution is 2.32. The summed E-state index contributed by atoms with van der Waals surface area (Å²) < 4.78 is 10.2. The summed E-state index contributed by atoms with van der Waals surface area (Å²) in [6.07, 6.45) is -4.98. The van der Waals surface area contributed by atoms with Crippen molar-refractivity contribution in [2.75, 3.05) is 6.61 Å². The lowest BCUT2D eigenvalue weighted by Crippen LogP contribution is -2.57. The minimum Gasteiger partial charge on any atom is -0.394 e. The van der Waals surface area contributed by atoms with E-state index in [0.717, 1.165) is 0 Å². The molecule has 0 spiro atoms. The molecule has 6 nitrogen and oxygen atoms in total. The predicted molar refractivity (Wildman–Crippen MR) is 43.3 cm³/mol. The zero-order valence-electron chi connectivity index (χ0n) is 7.48. The zero-order chi connectivity index (χ0) is 10.3. The fourth-order valence-electron chi connectivity index (χ4n) is 1.96. The van der Waals surface area contributed by atoms with Crippen molar-refractivity contribution in [1.82, 2.24) is 0 Å². The third-order valence-electron chi connectivity index (χ3n) is 2.71. The van der Waals surface area contributed by atoms with E-state index in [1.165, 1.54) is 0 Å². The first-order chi connectivity index (χ1) is 6.63. The average Bonchev–Trinajstić information content (AvgIpc) is 2.52. The van der Waals surface area contributed by atoms with Crippen LogP contribution in [-0.4, -0.2) is 63.8 Å². The van der Waals surface area contributed by atoms with E-state index in [2.05, 4.69) is 0 Å². The second-order valence-electron chi connectivity index (χ2n) is 3.67. The molecule has 0 aliphatic carbocycles. The molecule has 2 saturated heterocycles. The van der Waals surface area contributed by atoms with Crippen molar-refractivity contribution in [1.29, 1.82) is 0 Å². The summed E-state index contributed by atoms with van der Waals surface area (Å²) >= 11 is 0. The van der Waals surface area contributed by atoms with Gasteiger partial charge in [-0.1, -0.05) is 0 Å². The van der Waals surface area contributed by atoms with Crippen LogP contribution < -0.4 is 0 Å². The molecule has 0 bridgehead atoms. The Morgan fingerprint density at radius 2 is 1.79 bits per heavy atom. The van der Waals surface area contributed by atoms with E-state index in [-0.39, 0.29) is 13.0 Å². The number of hydrogen-bond acceptors (Lipinski definition) is 6. The fraction of sp³-hybridized carbons (Fsp3) is 1.00. The summed E-state index contributed by atoms with van der Waals surface area (Å²) in [7, 11) is 0. The van der Waals surface area contributed by atoms with Crippen LogP contribution in [0.15, 0.2) is 0 Å². The van der Waals surface area contributed by atoms with Crippen LogP contribution in [0.4, 0.5) is 0 Å². The Bertz CT molecular complexity index is 208. The van der Waals surface area contributed by atoms with Gasteiger partial charge in [0.05, 0.1) is 12.7 Å². The summed E-state index contributed by atoms with van der Waals surface area (Å²) in [4.78, 5) is 0. The predicted octanol–water partition coefficient (Wildman–Crippen LogP) is -2.42. The standard InChI is InChI=1S/C8H14O6/c9-2-4-6(11)7(12)8-3(13-4)1-5(10)14-8/h3-12H,1-2H2. The second kappa shape index (κ2) is 3.73. The van der Waals surface area contributed by atoms with E-state index in [0.29, 0.717) is 0 Å². The highest BCUT2D eigenvalue weighted by molar-refractivity contribution is 4.96. The first-order valence-corrected chi connectivity index (χ1v) is 4.59. The summed E-state index contributed by atoms with van der Waals surface area (Å²) in [6.45, 7) is -0.364. The Kier molecular flexibility index (Phi) is 2.74. The van der Waals surface area contributed by atoms with Crippen LogP contribution in [0.5, 0.6) is 0 Å². The van der Waals surface area contributed by atoms with E-state index >= 15 is 0 Å². The van der Waals surface area contributed by atoms with E-state index < -0.39 is 36.8 Å². The molecule has 0 radical (unpaired) electrons. The molecule has 2 aliphatic rings. The smallest absolute Gasteiger partial charge is 0.157 e. The molecule has 6 atom stereocenters.